The third-order valence-electron chi connectivity index (χ3n) is 9.36. The van der Waals surface area contributed by atoms with Crippen LogP contribution in [0.1, 0.15) is 206 Å². The summed E-state index contributed by atoms with van der Waals surface area (Å²) < 4.78 is 11.2. The Bertz CT molecular complexity index is 839. The lowest BCUT2D eigenvalue weighted by Crippen LogP contribution is -2.27. The van der Waals surface area contributed by atoms with Crippen molar-refractivity contribution < 1.29 is 19.4 Å². The third-order valence-corrected chi connectivity index (χ3v) is 9.36. The molecule has 4 heteroatoms. The van der Waals surface area contributed by atoms with Crippen molar-refractivity contribution in [2.75, 3.05) is 19.8 Å². The van der Waals surface area contributed by atoms with E-state index < -0.39 is 6.10 Å². The molecule has 1 atom stereocenters. The van der Waals surface area contributed by atoms with Gasteiger partial charge in [-0.15, -0.1) is 0 Å². The number of unbranched alkanes of at least 4 members (excludes halogenated alkanes) is 22. The van der Waals surface area contributed by atoms with E-state index in [2.05, 4.69) is 74.6 Å². The Labute approximate surface area is 317 Å². The normalized spacial score (nSPS) is 12.9. The summed E-state index contributed by atoms with van der Waals surface area (Å²) in [5.41, 5.74) is 0. The molecule has 1 N–H and O–H groups in total. The first kappa shape index (κ1) is 49.1. The van der Waals surface area contributed by atoms with Gasteiger partial charge in [-0.05, 0) is 57.8 Å². The minimum atomic E-state index is -0.542. The van der Waals surface area contributed by atoms with Crippen LogP contribution in [0, 0.1) is 0 Å². The lowest BCUT2D eigenvalue weighted by Gasteiger charge is -2.15. The molecule has 0 fully saturated rings. The lowest BCUT2D eigenvalue weighted by molar-refractivity contribution is -0.154. The second-order valence-electron chi connectivity index (χ2n) is 14.4. The van der Waals surface area contributed by atoms with Crippen molar-refractivity contribution in [1.82, 2.24) is 0 Å². The molecule has 0 aliphatic heterocycles. The molecule has 0 aromatic rings. The number of carbonyl (C=O) groups excluding carboxylic acids is 1. The number of hydrogen-bond donors (Lipinski definition) is 1. The number of aliphatic hydroxyl groups excluding tert-OH is 1. The average Bonchev–Trinajstić information content (AvgIpc) is 3.14. The number of allylic oxidation sites excluding steroid dienone is 10. The number of ether oxygens (including phenoxy) is 2. The molecule has 0 spiro atoms. The number of aliphatic hydroxyl groups is 1. The van der Waals surface area contributed by atoms with Gasteiger partial charge in [0, 0.05) is 13.0 Å². The summed E-state index contributed by atoms with van der Waals surface area (Å²) in [5.74, 6) is -0.205. The fourth-order valence-corrected chi connectivity index (χ4v) is 6.12. The Morgan fingerprint density at radius 2 is 0.882 bits per heavy atom. The maximum absolute atomic E-state index is 12.2. The standard InChI is InChI=1S/C47H84O4/c1-3-5-7-9-11-13-15-17-19-21-22-23-24-25-27-29-31-33-35-37-39-41-43-50-45-46(44-48)51-47(49)42-40-38-36-34-32-30-28-26-20-18-16-14-12-10-8-6-4-2/h5,7,11,13,17,19,22-23,25,27,46,48H,3-4,6,8-10,12,14-16,18,20-21,24,26,28-45H2,1-2H3/b7-5-,13-11-,19-17-,23-22-,27-25-. The highest BCUT2D eigenvalue weighted by Gasteiger charge is 2.13. The predicted octanol–water partition coefficient (Wildman–Crippen LogP) is 14.4. The largest absolute Gasteiger partial charge is 0.457 e. The van der Waals surface area contributed by atoms with Crippen LogP contribution in [0.4, 0.5) is 0 Å². The number of carbonyl (C=O) groups is 1. The van der Waals surface area contributed by atoms with Gasteiger partial charge in [0.25, 0.3) is 0 Å². The molecule has 0 rings (SSSR count). The highest BCUT2D eigenvalue weighted by molar-refractivity contribution is 5.69. The SMILES string of the molecule is CC/C=C\C/C=C\C/C=C\C/C=C\C/C=C\CCCCCCCCOCC(CO)OC(=O)CCCCCCCCCCCCCCCCCCC. The minimum Gasteiger partial charge on any atom is -0.457 e. The van der Waals surface area contributed by atoms with E-state index in [4.69, 9.17) is 9.47 Å². The summed E-state index contributed by atoms with van der Waals surface area (Å²) in [6.45, 7) is 5.22. The monoisotopic (exact) mass is 713 g/mol. The van der Waals surface area contributed by atoms with E-state index in [0.29, 0.717) is 13.0 Å². The van der Waals surface area contributed by atoms with Crippen molar-refractivity contribution in [1.29, 1.82) is 0 Å². The fraction of sp³-hybridized carbons (Fsp3) is 0.766. The summed E-state index contributed by atoms with van der Waals surface area (Å²) >= 11 is 0. The molecular formula is C47H84O4. The Morgan fingerprint density at radius 3 is 1.33 bits per heavy atom. The molecule has 4 nitrogen and oxygen atoms in total. The molecule has 0 amide bonds. The number of hydrogen-bond acceptors (Lipinski definition) is 4. The van der Waals surface area contributed by atoms with E-state index in [1.807, 2.05) is 0 Å². The number of esters is 1. The molecular weight excluding hydrogens is 629 g/mol. The Hall–Kier alpha value is -1.91. The zero-order valence-corrected chi connectivity index (χ0v) is 33.9. The summed E-state index contributed by atoms with van der Waals surface area (Å²) in [6.07, 6.45) is 58.5. The van der Waals surface area contributed by atoms with E-state index in [1.165, 1.54) is 122 Å². The second-order valence-corrected chi connectivity index (χ2v) is 14.4. The van der Waals surface area contributed by atoms with Gasteiger partial charge in [0.05, 0.1) is 13.2 Å². The lowest BCUT2D eigenvalue weighted by atomic mass is 10.0. The first-order chi connectivity index (χ1) is 25.2. The van der Waals surface area contributed by atoms with Crippen LogP contribution < -0.4 is 0 Å². The summed E-state index contributed by atoms with van der Waals surface area (Å²) in [7, 11) is 0. The smallest absolute Gasteiger partial charge is 0.306 e. The van der Waals surface area contributed by atoms with Gasteiger partial charge in [-0.3, -0.25) is 4.79 Å². The summed E-state index contributed by atoms with van der Waals surface area (Å²) in [6, 6.07) is 0. The Balaban J connectivity index is 3.47. The van der Waals surface area contributed by atoms with Gasteiger partial charge in [-0.2, -0.15) is 0 Å². The fourth-order valence-electron chi connectivity index (χ4n) is 6.12. The molecule has 0 aliphatic rings. The van der Waals surface area contributed by atoms with E-state index in [9.17, 15) is 9.90 Å². The van der Waals surface area contributed by atoms with Crippen LogP contribution in [-0.2, 0) is 14.3 Å². The minimum absolute atomic E-state index is 0.178. The molecule has 0 aliphatic carbocycles. The molecule has 0 bridgehead atoms. The van der Waals surface area contributed by atoms with Gasteiger partial charge in [0.2, 0.25) is 0 Å². The molecule has 0 aromatic carbocycles. The predicted molar refractivity (Wildman–Crippen MR) is 223 cm³/mol. The molecule has 0 saturated carbocycles. The highest BCUT2D eigenvalue weighted by atomic mass is 16.6. The van der Waals surface area contributed by atoms with Crippen LogP contribution in [-0.4, -0.2) is 37.0 Å². The average molecular weight is 713 g/mol. The van der Waals surface area contributed by atoms with Crippen molar-refractivity contribution >= 4 is 5.97 Å². The topological polar surface area (TPSA) is 55.8 Å². The summed E-state index contributed by atoms with van der Waals surface area (Å²) in [5, 5.41) is 9.61. The third kappa shape index (κ3) is 42.4. The van der Waals surface area contributed by atoms with Crippen LogP contribution >= 0.6 is 0 Å². The van der Waals surface area contributed by atoms with E-state index in [-0.39, 0.29) is 19.2 Å². The second kappa shape index (κ2) is 44.3. The zero-order valence-electron chi connectivity index (χ0n) is 33.9. The van der Waals surface area contributed by atoms with Crippen LogP contribution in [0.25, 0.3) is 0 Å². The molecule has 51 heavy (non-hydrogen) atoms. The molecule has 1 unspecified atom stereocenters. The van der Waals surface area contributed by atoms with E-state index in [1.54, 1.807) is 0 Å². The van der Waals surface area contributed by atoms with Gasteiger partial charge in [-0.25, -0.2) is 0 Å². The van der Waals surface area contributed by atoms with Crippen LogP contribution in [0.15, 0.2) is 60.8 Å². The quantitative estimate of drug-likeness (QED) is 0.0390. The van der Waals surface area contributed by atoms with Gasteiger partial charge < -0.3 is 14.6 Å². The maximum atomic E-state index is 12.2. The first-order valence-corrected chi connectivity index (χ1v) is 21.9. The number of rotatable bonds is 40. The summed E-state index contributed by atoms with van der Waals surface area (Å²) in [4.78, 5) is 12.2. The molecule has 0 heterocycles. The van der Waals surface area contributed by atoms with Gasteiger partial charge in [0.1, 0.15) is 6.10 Å². The van der Waals surface area contributed by atoms with Crippen LogP contribution in [0.2, 0.25) is 0 Å². The van der Waals surface area contributed by atoms with Gasteiger partial charge >= 0.3 is 5.97 Å². The van der Waals surface area contributed by atoms with Crippen LogP contribution in [0.5, 0.6) is 0 Å². The van der Waals surface area contributed by atoms with Crippen molar-refractivity contribution in [2.24, 2.45) is 0 Å². The van der Waals surface area contributed by atoms with Crippen molar-refractivity contribution in [3.8, 4) is 0 Å². The van der Waals surface area contributed by atoms with Crippen molar-refractivity contribution in [2.45, 2.75) is 213 Å². The van der Waals surface area contributed by atoms with E-state index in [0.717, 1.165) is 64.2 Å². The molecule has 296 valence electrons. The van der Waals surface area contributed by atoms with Crippen molar-refractivity contribution in [3.05, 3.63) is 60.8 Å². The molecule has 0 saturated heterocycles. The van der Waals surface area contributed by atoms with Gasteiger partial charge in [0.15, 0.2) is 0 Å². The molecule has 0 radical (unpaired) electrons. The highest BCUT2D eigenvalue weighted by Crippen LogP contribution is 2.15. The van der Waals surface area contributed by atoms with Crippen LogP contribution in [0.3, 0.4) is 0 Å². The Kier molecular flexibility index (Phi) is 42.6. The molecule has 0 aromatic heterocycles. The maximum Gasteiger partial charge on any atom is 0.306 e. The Morgan fingerprint density at radius 1 is 0.490 bits per heavy atom. The zero-order chi connectivity index (χ0) is 37.0. The van der Waals surface area contributed by atoms with Crippen molar-refractivity contribution in [3.63, 3.8) is 0 Å². The van der Waals surface area contributed by atoms with E-state index >= 15 is 0 Å². The van der Waals surface area contributed by atoms with Gasteiger partial charge in [-0.1, -0.05) is 203 Å². The first-order valence-electron chi connectivity index (χ1n) is 21.9.